The normalized spacial score (nSPS) is 8.71. The highest BCUT2D eigenvalue weighted by Gasteiger charge is 2.02. The van der Waals surface area contributed by atoms with Crippen LogP contribution < -0.4 is 0 Å². The number of benzene rings is 1. The van der Waals surface area contributed by atoms with Gasteiger partial charge in [-0.05, 0) is 36.8 Å². The zero-order valence-corrected chi connectivity index (χ0v) is 8.28. The van der Waals surface area contributed by atoms with Crippen LogP contribution in [0.25, 0.3) is 6.08 Å². The summed E-state index contributed by atoms with van der Waals surface area (Å²) < 4.78 is 4.59. The molecule has 1 aromatic rings. The van der Waals surface area contributed by atoms with Crippen LogP contribution >= 0.6 is 0 Å². The lowest BCUT2D eigenvalue weighted by Gasteiger charge is -1.98. The predicted octanol–water partition coefficient (Wildman–Crippen LogP) is 2.66. The van der Waals surface area contributed by atoms with Crippen molar-refractivity contribution in [3.63, 3.8) is 0 Å². The number of hydrogen-bond donors (Lipinski definition) is 0. The second-order valence-electron chi connectivity index (χ2n) is 2.71. The smallest absolute Gasteiger partial charge is 0.337 e. The van der Waals surface area contributed by atoms with Crippen LogP contribution in [0.5, 0.6) is 0 Å². The van der Waals surface area contributed by atoms with Crippen LogP contribution in [0.1, 0.15) is 22.8 Å². The molecule has 0 fully saturated rings. The van der Waals surface area contributed by atoms with E-state index < -0.39 is 0 Å². The first-order chi connectivity index (χ1) is 6.77. The number of rotatable bonds is 2. The number of hydrogen-bond acceptors (Lipinski definition) is 2. The Bertz CT molecular complexity index is 347. The Kier molecular flexibility index (Phi) is 3.71. The van der Waals surface area contributed by atoms with Crippen molar-refractivity contribution in [3.05, 3.63) is 47.2 Å². The van der Waals surface area contributed by atoms with E-state index in [1.165, 1.54) is 7.11 Å². The van der Waals surface area contributed by atoms with Gasteiger partial charge in [0.05, 0.1) is 12.7 Å². The van der Waals surface area contributed by atoms with E-state index in [0.29, 0.717) is 5.56 Å². The number of allylic oxidation sites excluding steroid dienone is 1. The number of esters is 1. The van der Waals surface area contributed by atoms with Crippen LogP contribution in [0.4, 0.5) is 0 Å². The third-order valence-electron chi connectivity index (χ3n) is 1.75. The summed E-state index contributed by atoms with van der Waals surface area (Å²) in [4.78, 5) is 11.1. The Balaban J connectivity index is 2.89. The SMILES string of the molecule is CC=C=Cc1ccc(C(=O)OC)cc1. The van der Waals surface area contributed by atoms with Crippen LogP contribution in [0.2, 0.25) is 0 Å². The Labute approximate surface area is 83.5 Å². The Hall–Kier alpha value is -1.79. The van der Waals surface area contributed by atoms with Crippen molar-refractivity contribution in [3.8, 4) is 0 Å². The lowest BCUT2D eigenvalue weighted by atomic mass is 10.1. The molecule has 0 aliphatic rings. The predicted molar refractivity (Wildman–Crippen MR) is 56.0 cm³/mol. The van der Waals surface area contributed by atoms with E-state index in [-0.39, 0.29) is 5.97 Å². The van der Waals surface area contributed by atoms with Crippen molar-refractivity contribution in [2.24, 2.45) is 0 Å². The third kappa shape index (κ3) is 2.61. The van der Waals surface area contributed by atoms with Crippen molar-refractivity contribution in [1.82, 2.24) is 0 Å². The molecule has 72 valence electrons. The highest BCUT2D eigenvalue weighted by molar-refractivity contribution is 5.89. The van der Waals surface area contributed by atoms with Crippen molar-refractivity contribution in [1.29, 1.82) is 0 Å². The van der Waals surface area contributed by atoms with Gasteiger partial charge in [0.2, 0.25) is 0 Å². The van der Waals surface area contributed by atoms with Crippen LogP contribution in [0, 0.1) is 0 Å². The molecule has 0 saturated carbocycles. The molecule has 0 radical (unpaired) electrons. The largest absolute Gasteiger partial charge is 0.465 e. The van der Waals surface area contributed by atoms with Gasteiger partial charge in [-0.3, -0.25) is 0 Å². The molecule has 14 heavy (non-hydrogen) atoms. The minimum atomic E-state index is -0.313. The molecule has 0 bridgehead atoms. The summed E-state index contributed by atoms with van der Waals surface area (Å²) in [6.45, 7) is 1.90. The Morgan fingerprint density at radius 1 is 1.36 bits per heavy atom. The lowest BCUT2D eigenvalue weighted by Crippen LogP contribution is -2.00. The van der Waals surface area contributed by atoms with Gasteiger partial charge in [0, 0.05) is 0 Å². The lowest BCUT2D eigenvalue weighted by molar-refractivity contribution is 0.0601. The molecule has 0 atom stereocenters. The quantitative estimate of drug-likeness (QED) is 0.527. The second-order valence-corrected chi connectivity index (χ2v) is 2.71. The van der Waals surface area contributed by atoms with Gasteiger partial charge >= 0.3 is 5.97 Å². The van der Waals surface area contributed by atoms with E-state index in [0.717, 1.165) is 5.56 Å². The van der Waals surface area contributed by atoms with Crippen LogP contribution in [0.3, 0.4) is 0 Å². The fourth-order valence-corrected chi connectivity index (χ4v) is 1.01. The van der Waals surface area contributed by atoms with Crippen molar-refractivity contribution in [2.75, 3.05) is 7.11 Å². The van der Waals surface area contributed by atoms with Gasteiger partial charge in [-0.2, -0.15) is 0 Å². The van der Waals surface area contributed by atoms with Crippen molar-refractivity contribution in [2.45, 2.75) is 6.92 Å². The molecule has 0 N–H and O–H groups in total. The molecular weight excluding hydrogens is 176 g/mol. The first-order valence-electron chi connectivity index (χ1n) is 4.33. The average molecular weight is 188 g/mol. The Morgan fingerprint density at radius 3 is 2.50 bits per heavy atom. The van der Waals surface area contributed by atoms with E-state index >= 15 is 0 Å². The van der Waals surface area contributed by atoms with Gasteiger partial charge in [-0.15, -0.1) is 5.73 Å². The monoisotopic (exact) mass is 188 g/mol. The maximum atomic E-state index is 11.1. The molecule has 0 amide bonds. The zero-order valence-electron chi connectivity index (χ0n) is 8.28. The molecule has 0 saturated heterocycles. The molecule has 0 aliphatic heterocycles. The highest BCUT2D eigenvalue weighted by Crippen LogP contribution is 2.06. The number of carbonyl (C=O) groups is 1. The van der Waals surface area contributed by atoms with E-state index in [2.05, 4.69) is 10.5 Å². The summed E-state index contributed by atoms with van der Waals surface area (Å²) in [5.74, 6) is -0.313. The van der Waals surface area contributed by atoms with Gasteiger partial charge < -0.3 is 4.74 Å². The van der Waals surface area contributed by atoms with E-state index in [4.69, 9.17) is 0 Å². The summed E-state index contributed by atoms with van der Waals surface area (Å²) in [7, 11) is 1.37. The zero-order chi connectivity index (χ0) is 10.4. The molecule has 0 heterocycles. The van der Waals surface area contributed by atoms with Crippen LogP contribution in [-0.2, 0) is 4.74 Å². The highest BCUT2D eigenvalue weighted by atomic mass is 16.5. The maximum Gasteiger partial charge on any atom is 0.337 e. The van der Waals surface area contributed by atoms with E-state index in [1.807, 2.05) is 31.2 Å². The summed E-state index contributed by atoms with van der Waals surface area (Å²) >= 11 is 0. The standard InChI is InChI=1S/C12H12O2/c1-3-4-5-10-6-8-11(9-7-10)12(13)14-2/h3,5-9H,1-2H3. The molecule has 1 aromatic carbocycles. The first kappa shape index (κ1) is 10.3. The second kappa shape index (κ2) is 5.05. The fourth-order valence-electron chi connectivity index (χ4n) is 1.01. The fraction of sp³-hybridized carbons (Fsp3) is 0.167. The first-order valence-corrected chi connectivity index (χ1v) is 4.33. The molecular formula is C12H12O2. The maximum absolute atomic E-state index is 11.1. The molecule has 2 heteroatoms. The van der Waals surface area contributed by atoms with Crippen molar-refractivity contribution < 1.29 is 9.53 Å². The van der Waals surface area contributed by atoms with E-state index in [1.54, 1.807) is 12.1 Å². The topological polar surface area (TPSA) is 26.3 Å². The van der Waals surface area contributed by atoms with Gasteiger partial charge in [0.25, 0.3) is 0 Å². The minimum absolute atomic E-state index is 0.313. The van der Waals surface area contributed by atoms with Crippen LogP contribution in [0.15, 0.2) is 36.1 Å². The third-order valence-corrected chi connectivity index (χ3v) is 1.75. The molecule has 0 spiro atoms. The summed E-state index contributed by atoms with van der Waals surface area (Å²) in [6, 6.07) is 7.16. The Morgan fingerprint density at radius 2 is 2.00 bits per heavy atom. The van der Waals surface area contributed by atoms with Crippen LogP contribution in [-0.4, -0.2) is 13.1 Å². The summed E-state index contributed by atoms with van der Waals surface area (Å²) in [5.41, 5.74) is 4.53. The molecule has 1 rings (SSSR count). The van der Waals surface area contributed by atoms with Gasteiger partial charge in [0.15, 0.2) is 0 Å². The van der Waals surface area contributed by atoms with Gasteiger partial charge in [-0.1, -0.05) is 12.1 Å². The molecule has 2 nitrogen and oxygen atoms in total. The summed E-state index contributed by atoms with van der Waals surface area (Å²) in [5, 5.41) is 0. The minimum Gasteiger partial charge on any atom is -0.465 e. The number of carbonyl (C=O) groups excluding carboxylic acids is 1. The van der Waals surface area contributed by atoms with Gasteiger partial charge in [-0.25, -0.2) is 4.79 Å². The summed E-state index contributed by atoms with van der Waals surface area (Å²) in [6.07, 6.45) is 3.68. The molecule has 0 aromatic heterocycles. The number of methoxy groups -OCH3 is 1. The van der Waals surface area contributed by atoms with Gasteiger partial charge in [0.1, 0.15) is 0 Å². The van der Waals surface area contributed by atoms with Crippen molar-refractivity contribution >= 4 is 12.0 Å². The number of ether oxygens (including phenoxy) is 1. The average Bonchev–Trinajstić information content (AvgIpc) is 2.26. The van der Waals surface area contributed by atoms with E-state index in [9.17, 15) is 4.79 Å². The molecule has 0 unspecified atom stereocenters. The molecule has 0 aliphatic carbocycles.